The molecule has 0 aromatic carbocycles. The van der Waals surface area contributed by atoms with Crippen molar-refractivity contribution >= 4 is 23.8 Å². The van der Waals surface area contributed by atoms with E-state index in [4.69, 9.17) is 15.9 Å². The van der Waals surface area contributed by atoms with Crippen LogP contribution in [0.1, 0.15) is 11.1 Å². The summed E-state index contributed by atoms with van der Waals surface area (Å²) in [4.78, 5) is 26.3. The Kier molecular flexibility index (Phi) is 6.36. The summed E-state index contributed by atoms with van der Waals surface area (Å²) in [7, 11) is 0. The number of ether oxygens (including phenoxy) is 1. The van der Waals surface area contributed by atoms with Gasteiger partial charge >= 0.3 is 12.3 Å². The largest absolute Gasteiger partial charge is 0.444 e. The Morgan fingerprint density at radius 2 is 1.77 bits per heavy atom. The molecule has 1 aliphatic rings. The van der Waals surface area contributed by atoms with Gasteiger partial charge in [-0.15, -0.1) is 0 Å². The normalized spacial score (nSPS) is 14.3. The molecule has 4 N–H and O–H groups in total. The minimum atomic E-state index is -4.51. The molecule has 2 aromatic rings. The first-order valence-electron chi connectivity index (χ1n) is 8.95. The van der Waals surface area contributed by atoms with Crippen LogP contribution in [0.3, 0.4) is 0 Å². The highest BCUT2D eigenvalue weighted by Crippen LogP contribution is 2.28. The molecule has 0 aliphatic carbocycles. The van der Waals surface area contributed by atoms with Gasteiger partial charge in [0, 0.05) is 50.3 Å². The number of nitrogens with zero attached hydrogens (tertiary/aromatic N) is 5. The molecule has 1 fully saturated rings. The van der Waals surface area contributed by atoms with Crippen molar-refractivity contribution in [1.82, 2.24) is 20.3 Å². The molecule has 2 aromatic heterocycles. The third kappa shape index (κ3) is 5.46. The standard InChI is InChI=1S/C17H18F4N8O2/c18-12-10(9-31-16(30)27-14(22)23)1-2-24-13(12)28-3-5-29(6-4-28)15-25-7-11(8-26-15)17(19,20)21/h1-2,7-8H,3-6,9H2,(H4,22,23,27,30). The second-order valence-corrected chi connectivity index (χ2v) is 6.47. The van der Waals surface area contributed by atoms with Crippen molar-refractivity contribution < 1.29 is 27.1 Å². The summed E-state index contributed by atoms with van der Waals surface area (Å²) in [6, 6.07) is 1.35. The van der Waals surface area contributed by atoms with Gasteiger partial charge in [0.1, 0.15) is 6.61 Å². The Bertz CT molecular complexity index is 946. The number of nitrogens with two attached hydrogens (primary N) is 1. The van der Waals surface area contributed by atoms with Crippen LogP contribution in [-0.2, 0) is 17.5 Å². The van der Waals surface area contributed by atoms with E-state index in [9.17, 15) is 22.4 Å². The molecule has 0 spiro atoms. The van der Waals surface area contributed by atoms with Crippen LogP contribution in [0.25, 0.3) is 0 Å². The average Bonchev–Trinajstić information content (AvgIpc) is 2.72. The molecular formula is C17H18F4N8O2. The van der Waals surface area contributed by atoms with Crippen molar-refractivity contribution in [2.75, 3.05) is 36.0 Å². The summed E-state index contributed by atoms with van der Waals surface area (Å²) < 4.78 is 57.5. The Hall–Kier alpha value is -3.71. The van der Waals surface area contributed by atoms with Gasteiger partial charge in [0.25, 0.3) is 0 Å². The number of guanidine groups is 1. The number of alkyl halides is 3. The van der Waals surface area contributed by atoms with Gasteiger partial charge in [-0.1, -0.05) is 0 Å². The molecule has 1 saturated heterocycles. The highest BCUT2D eigenvalue weighted by Gasteiger charge is 2.32. The third-order valence-electron chi connectivity index (χ3n) is 4.37. The summed E-state index contributed by atoms with van der Waals surface area (Å²) in [6.07, 6.45) is -2.69. The van der Waals surface area contributed by atoms with Crippen molar-refractivity contribution in [2.45, 2.75) is 12.8 Å². The molecule has 166 valence electrons. The van der Waals surface area contributed by atoms with Gasteiger partial charge in [-0.3, -0.25) is 10.7 Å². The molecule has 1 aliphatic heterocycles. The number of carbonyl (C=O) groups is 1. The second kappa shape index (κ2) is 8.97. The van der Waals surface area contributed by atoms with Crippen molar-refractivity contribution in [3.05, 3.63) is 41.6 Å². The zero-order valence-electron chi connectivity index (χ0n) is 16.0. The zero-order valence-corrected chi connectivity index (χ0v) is 16.0. The fourth-order valence-electron chi connectivity index (χ4n) is 2.84. The number of pyridine rings is 1. The van der Waals surface area contributed by atoms with E-state index in [1.165, 1.54) is 12.3 Å². The van der Waals surface area contributed by atoms with Gasteiger partial charge in [0.05, 0.1) is 5.56 Å². The number of rotatable bonds is 4. The number of anilines is 2. The second-order valence-electron chi connectivity index (χ2n) is 6.47. The molecule has 0 bridgehead atoms. The Labute approximate surface area is 173 Å². The Morgan fingerprint density at radius 1 is 1.16 bits per heavy atom. The summed E-state index contributed by atoms with van der Waals surface area (Å²) in [5, 5.41) is 8.86. The number of hydrogen-bond acceptors (Lipinski definition) is 8. The molecule has 0 saturated carbocycles. The number of amides is 1. The molecule has 3 heterocycles. The summed E-state index contributed by atoms with van der Waals surface area (Å²) in [6.45, 7) is 0.940. The maximum absolute atomic E-state index is 14.8. The minimum Gasteiger partial charge on any atom is -0.444 e. The summed E-state index contributed by atoms with van der Waals surface area (Å²) >= 11 is 0. The Morgan fingerprint density at radius 3 is 2.35 bits per heavy atom. The predicted octanol–water partition coefficient (Wildman–Crippen LogP) is 1.48. The predicted molar refractivity (Wildman–Crippen MR) is 101 cm³/mol. The summed E-state index contributed by atoms with van der Waals surface area (Å²) in [5.41, 5.74) is 4.16. The average molecular weight is 442 g/mol. The number of alkyl carbamates (subject to hydrolysis) is 1. The van der Waals surface area contributed by atoms with E-state index >= 15 is 0 Å². The first kappa shape index (κ1) is 22.0. The highest BCUT2D eigenvalue weighted by molar-refractivity contribution is 5.90. The van der Waals surface area contributed by atoms with Crippen molar-refractivity contribution in [3.63, 3.8) is 0 Å². The third-order valence-corrected chi connectivity index (χ3v) is 4.37. The van der Waals surface area contributed by atoms with Crippen LogP contribution >= 0.6 is 0 Å². The number of hydrogen-bond donors (Lipinski definition) is 3. The summed E-state index contributed by atoms with van der Waals surface area (Å²) in [5.74, 6) is -1.06. The van der Waals surface area contributed by atoms with Crippen LogP contribution < -0.4 is 20.9 Å². The maximum atomic E-state index is 14.8. The lowest BCUT2D eigenvalue weighted by molar-refractivity contribution is -0.138. The van der Waals surface area contributed by atoms with E-state index in [0.29, 0.717) is 26.2 Å². The van der Waals surface area contributed by atoms with Gasteiger partial charge in [-0.05, 0) is 6.07 Å². The SMILES string of the molecule is N=C(N)NC(=O)OCc1ccnc(N2CCN(c3ncc(C(F)(F)F)cn3)CC2)c1F. The monoisotopic (exact) mass is 442 g/mol. The zero-order chi connectivity index (χ0) is 22.6. The van der Waals surface area contributed by atoms with Crippen LogP contribution in [0, 0.1) is 11.2 Å². The van der Waals surface area contributed by atoms with Gasteiger partial charge in [-0.25, -0.2) is 24.1 Å². The van der Waals surface area contributed by atoms with Gasteiger partial charge in [-0.2, -0.15) is 13.2 Å². The van der Waals surface area contributed by atoms with Crippen molar-refractivity contribution in [3.8, 4) is 0 Å². The van der Waals surface area contributed by atoms with E-state index in [1.807, 2.05) is 5.32 Å². The van der Waals surface area contributed by atoms with E-state index in [0.717, 1.165) is 12.4 Å². The maximum Gasteiger partial charge on any atom is 0.419 e. The Balaban J connectivity index is 1.61. The lowest BCUT2D eigenvalue weighted by Gasteiger charge is -2.35. The molecule has 1 amide bonds. The number of piperazine rings is 1. The lowest BCUT2D eigenvalue weighted by Crippen LogP contribution is -2.47. The minimum absolute atomic E-state index is 0.0565. The first-order valence-corrected chi connectivity index (χ1v) is 8.95. The van der Waals surface area contributed by atoms with Crippen molar-refractivity contribution in [2.24, 2.45) is 5.73 Å². The fourth-order valence-corrected chi connectivity index (χ4v) is 2.84. The fraction of sp³-hybridized carbons (Fsp3) is 0.353. The molecule has 3 rings (SSSR count). The van der Waals surface area contributed by atoms with Gasteiger partial charge < -0.3 is 20.3 Å². The van der Waals surface area contributed by atoms with Crippen LogP contribution in [0.4, 0.5) is 34.1 Å². The van der Waals surface area contributed by atoms with Crippen LogP contribution in [0.15, 0.2) is 24.7 Å². The quantitative estimate of drug-likeness (QED) is 0.368. The van der Waals surface area contributed by atoms with E-state index in [-0.39, 0.29) is 23.9 Å². The van der Waals surface area contributed by atoms with E-state index in [1.54, 1.807) is 9.80 Å². The molecule has 31 heavy (non-hydrogen) atoms. The van der Waals surface area contributed by atoms with E-state index < -0.39 is 29.6 Å². The highest BCUT2D eigenvalue weighted by atomic mass is 19.4. The topological polar surface area (TPSA) is 133 Å². The van der Waals surface area contributed by atoms with Crippen LogP contribution in [-0.4, -0.2) is 53.2 Å². The first-order chi connectivity index (χ1) is 14.6. The number of aromatic nitrogens is 3. The number of nitrogens with one attached hydrogen (secondary N) is 2. The van der Waals surface area contributed by atoms with Gasteiger partial charge in [0.2, 0.25) is 5.95 Å². The van der Waals surface area contributed by atoms with Crippen molar-refractivity contribution in [1.29, 1.82) is 5.41 Å². The number of carbonyl (C=O) groups excluding carboxylic acids is 1. The molecule has 0 unspecified atom stereocenters. The van der Waals surface area contributed by atoms with Crippen LogP contribution in [0.5, 0.6) is 0 Å². The molecule has 0 atom stereocenters. The van der Waals surface area contributed by atoms with Gasteiger partial charge in [0.15, 0.2) is 17.6 Å². The van der Waals surface area contributed by atoms with E-state index in [2.05, 4.69) is 15.0 Å². The smallest absolute Gasteiger partial charge is 0.419 e. The molecule has 10 nitrogen and oxygen atoms in total. The molecule has 14 heteroatoms. The molecule has 0 radical (unpaired) electrons. The molecular weight excluding hydrogens is 424 g/mol. The lowest BCUT2D eigenvalue weighted by atomic mass is 10.2. The number of halogens is 4. The van der Waals surface area contributed by atoms with Crippen LogP contribution in [0.2, 0.25) is 0 Å².